The Morgan fingerprint density at radius 2 is 1.85 bits per heavy atom. The second-order valence-electron chi connectivity index (χ2n) is 6.54. The fraction of sp³-hybridized carbons (Fsp3) is 0.286. The first kappa shape index (κ1) is 18.6. The number of nitrogens with zero attached hydrogens (tertiary/aromatic N) is 3. The molecule has 0 aliphatic rings. The quantitative estimate of drug-likeness (QED) is 0.614. The Balaban J connectivity index is 1.83. The van der Waals surface area contributed by atoms with Crippen LogP contribution in [0.3, 0.4) is 0 Å². The highest BCUT2D eigenvalue weighted by Gasteiger charge is 2.10. The van der Waals surface area contributed by atoms with Gasteiger partial charge < -0.3 is 15.4 Å². The number of rotatable bonds is 7. The first-order chi connectivity index (χ1) is 13.1. The summed E-state index contributed by atoms with van der Waals surface area (Å²) in [6.07, 6.45) is 2.63. The van der Waals surface area contributed by atoms with Gasteiger partial charge in [0.25, 0.3) is 0 Å². The Morgan fingerprint density at radius 3 is 2.63 bits per heavy atom. The average molecular weight is 363 g/mol. The van der Waals surface area contributed by atoms with E-state index in [1.165, 1.54) is 5.56 Å². The van der Waals surface area contributed by atoms with Crippen molar-refractivity contribution < 1.29 is 4.74 Å². The number of aryl methyl sites for hydroxylation is 2. The molecule has 0 unspecified atom stereocenters. The van der Waals surface area contributed by atoms with Crippen LogP contribution in [0.1, 0.15) is 31.9 Å². The molecule has 0 atom stereocenters. The van der Waals surface area contributed by atoms with E-state index in [0.29, 0.717) is 11.8 Å². The Kier molecular flexibility index (Phi) is 5.86. The summed E-state index contributed by atoms with van der Waals surface area (Å²) in [6, 6.07) is 14.0. The highest BCUT2D eigenvalue weighted by molar-refractivity contribution is 5.66. The first-order valence-electron chi connectivity index (χ1n) is 9.14. The van der Waals surface area contributed by atoms with Crippen molar-refractivity contribution in [3.05, 3.63) is 59.8 Å². The number of benzene rings is 2. The fourth-order valence-electron chi connectivity index (χ4n) is 2.79. The van der Waals surface area contributed by atoms with Crippen molar-refractivity contribution in [3.63, 3.8) is 0 Å². The monoisotopic (exact) mass is 363 g/mol. The van der Waals surface area contributed by atoms with Gasteiger partial charge in [0.2, 0.25) is 5.95 Å². The zero-order valence-corrected chi connectivity index (χ0v) is 16.2. The molecule has 0 saturated heterocycles. The minimum Gasteiger partial charge on any atom is -0.489 e. The van der Waals surface area contributed by atoms with Crippen molar-refractivity contribution in [3.8, 4) is 5.75 Å². The Morgan fingerprint density at radius 1 is 1.04 bits per heavy atom. The molecule has 0 aliphatic heterocycles. The fourth-order valence-corrected chi connectivity index (χ4v) is 2.79. The topological polar surface area (TPSA) is 72.0 Å². The molecule has 0 saturated carbocycles. The van der Waals surface area contributed by atoms with E-state index >= 15 is 0 Å². The van der Waals surface area contributed by atoms with Gasteiger partial charge in [-0.1, -0.05) is 37.3 Å². The minimum atomic E-state index is 0.0773. The molecule has 6 nitrogen and oxygen atoms in total. The van der Waals surface area contributed by atoms with Gasteiger partial charge in [-0.3, -0.25) is 0 Å². The smallest absolute Gasteiger partial charge is 0.249 e. The largest absolute Gasteiger partial charge is 0.489 e. The predicted octanol–water partition coefficient (Wildman–Crippen LogP) is 5.02. The molecule has 0 aliphatic carbocycles. The number of ether oxygens (including phenoxy) is 1. The molecular formula is C21H25N5O. The molecule has 0 spiro atoms. The van der Waals surface area contributed by atoms with E-state index in [-0.39, 0.29) is 6.10 Å². The maximum Gasteiger partial charge on any atom is 0.249 e. The maximum absolute atomic E-state index is 5.84. The lowest BCUT2D eigenvalue weighted by atomic mass is 10.1. The Hall–Kier alpha value is -3.15. The number of hydrogen-bond acceptors (Lipinski definition) is 6. The Labute approximate surface area is 160 Å². The van der Waals surface area contributed by atoms with Crippen molar-refractivity contribution in [2.45, 2.75) is 40.2 Å². The van der Waals surface area contributed by atoms with Gasteiger partial charge in [0.15, 0.2) is 5.82 Å². The van der Waals surface area contributed by atoms with Crippen molar-refractivity contribution >= 4 is 23.1 Å². The third-order valence-corrected chi connectivity index (χ3v) is 4.05. The molecule has 0 amide bonds. The predicted molar refractivity (Wildman–Crippen MR) is 109 cm³/mol. The van der Waals surface area contributed by atoms with E-state index in [1.807, 2.05) is 38.1 Å². The zero-order chi connectivity index (χ0) is 19.2. The van der Waals surface area contributed by atoms with Gasteiger partial charge in [-0.15, -0.1) is 5.10 Å². The van der Waals surface area contributed by atoms with Gasteiger partial charge in [0.05, 0.1) is 18.0 Å². The molecular weight excluding hydrogens is 338 g/mol. The molecule has 6 heteroatoms. The van der Waals surface area contributed by atoms with Crippen LogP contribution in [0.15, 0.2) is 48.7 Å². The number of anilines is 4. The Bertz CT molecular complexity index is 911. The van der Waals surface area contributed by atoms with Crippen LogP contribution < -0.4 is 15.4 Å². The standard InChI is InChI=1S/C21H25N5O/c1-5-16-10-8-9-15(4)20(16)24-19-13-22-26-21(25-19)23-17-11-6-7-12-18(17)27-14(2)3/h6-14H,5H2,1-4H3,(H2,23,24,25,26). The summed E-state index contributed by atoms with van der Waals surface area (Å²) >= 11 is 0. The highest BCUT2D eigenvalue weighted by Crippen LogP contribution is 2.28. The summed E-state index contributed by atoms with van der Waals surface area (Å²) in [7, 11) is 0. The van der Waals surface area contributed by atoms with Crippen LogP contribution in [-0.2, 0) is 6.42 Å². The molecule has 2 N–H and O–H groups in total. The van der Waals surface area contributed by atoms with E-state index in [9.17, 15) is 0 Å². The van der Waals surface area contributed by atoms with Crippen molar-refractivity contribution in [2.24, 2.45) is 0 Å². The van der Waals surface area contributed by atoms with Crippen LogP contribution in [0, 0.1) is 6.92 Å². The van der Waals surface area contributed by atoms with Gasteiger partial charge in [0, 0.05) is 5.69 Å². The van der Waals surface area contributed by atoms with Crippen LogP contribution in [0.4, 0.5) is 23.1 Å². The molecule has 3 aromatic rings. The highest BCUT2D eigenvalue weighted by atomic mass is 16.5. The van der Waals surface area contributed by atoms with Crippen LogP contribution in [-0.4, -0.2) is 21.3 Å². The minimum absolute atomic E-state index is 0.0773. The van der Waals surface area contributed by atoms with Crippen LogP contribution >= 0.6 is 0 Å². The van der Waals surface area contributed by atoms with Gasteiger partial charge in [-0.2, -0.15) is 10.1 Å². The lowest BCUT2D eigenvalue weighted by Crippen LogP contribution is -2.08. The molecule has 0 fully saturated rings. The van der Waals surface area contributed by atoms with Crippen molar-refractivity contribution in [1.82, 2.24) is 15.2 Å². The summed E-state index contributed by atoms with van der Waals surface area (Å²) in [6.45, 7) is 8.20. The lowest BCUT2D eigenvalue weighted by molar-refractivity contribution is 0.244. The van der Waals surface area contributed by atoms with E-state index in [1.54, 1.807) is 6.20 Å². The second kappa shape index (κ2) is 8.49. The molecule has 27 heavy (non-hydrogen) atoms. The molecule has 3 rings (SSSR count). The lowest BCUT2D eigenvalue weighted by Gasteiger charge is -2.15. The molecule has 0 radical (unpaired) electrons. The van der Waals surface area contributed by atoms with Crippen molar-refractivity contribution in [1.29, 1.82) is 0 Å². The molecule has 1 aromatic heterocycles. The zero-order valence-electron chi connectivity index (χ0n) is 16.2. The average Bonchev–Trinajstić information content (AvgIpc) is 2.65. The summed E-state index contributed by atoms with van der Waals surface area (Å²) in [5, 5.41) is 14.7. The first-order valence-corrected chi connectivity index (χ1v) is 9.14. The van der Waals surface area contributed by atoms with Gasteiger partial charge >= 0.3 is 0 Å². The molecule has 140 valence electrons. The normalized spacial score (nSPS) is 10.7. The number of nitrogens with one attached hydrogen (secondary N) is 2. The third-order valence-electron chi connectivity index (χ3n) is 4.05. The second-order valence-corrected chi connectivity index (χ2v) is 6.54. The van der Waals surface area contributed by atoms with E-state index in [4.69, 9.17) is 4.74 Å². The van der Waals surface area contributed by atoms with Crippen LogP contribution in [0.2, 0.25) is 0 Å². The summed E-state index contributed by atoms with van der Waals surface area (Å²) < 4.78 is 5.84. The molecule has 2 aromatic carbocycles. The number of para-hydroxylation sites is 3. The summed E-state index contributed by atoms with van der Waals surface area (Å²) in [4.78, 5) is 4.55. The molecule has 1 heterocycles. The third kappa shape index (κ3) is 4.73. The van der Waals surface area contributed by atoms with Crippen LogP contribution in [0.25, 0.3) is 0 Å². The number of aromatic nitrogens is 3. The van der Waals surface area contributed by atoms with E-state index in [2.05, 4.69) is 57.9 Å². The van der Waals surface area contributed by atoms with Gasteiger partial charge in [-0.05, 0) is 50.5 Å². The van der Waals surface area contributed by atoms with E-state index < -0.39 is 0 Å². The van der Waals surface area contributed by atoms with Crippen LogP contribution in [0.5, 0.6) is 5.75 Å². The van der Waals surface area contributed by atoms with Crippen molar-refractivity contribution in [2.75, 3.05) is 10.6 Å². The van der Waals surface area contributed by atoms with E-state index in [0.717, 1.165) is 29.1 Å². The summed E-state index contributed by atoms with van der Waals surface area (Å²) in [5.41, 5.74) is 4.27. The SMILES string of the molecule is CCc1cccc(C)c1Nc1cnnc(Nc2ccccc2OC(C)C)n1. The van der Waals surface area contributed by atoms with Gasteiger partial charge in [0.1, 0.15) is 5.75 Å². The summed E-state index contributed by atoms with van der Waals surface area (Å²) in [5.74, 6) is 1.80. The number of hydrogen-bond donors (Lipinski definition) is 2. The van der Waals surface area contributed by atoms with Gasteiger partial charge in [-0.25, -0.2) is 0 Å². The maximum atomic E-state index is 5.84. The molecule has 0 bridgehead atoms.